The minimum Gasteiger partial charge on any atom is -0.321 e. The number of amides is 1. The number of nitrogens with one attached hydrogen (secondary N) is 2. The molecule has 0 saturated carbocycles. The van der Waals surface area contributed by atoms with E-state index in [4.69, 9.17) is 0 Å². The van der Waals surface area contributed by atoms with Crippen LogP contribution in [0.4, 0.5) is 11.4 Å². The number of carbonyl (C=O) groups excluding carboxylic acids is 1. The predicted molar refractivity (Wildman–Crippen MR) is 111 cm³/mol. The SMILES string of the molecule is Cc1c(NS(=O)(=O)c2ccccc2)cccc1C(=O)Nc1ccccc1Br. The second-order valence-corrected chi connectivity index (χ2v) is 8.37. The van der Waals surface area contributed by atoms with Crippen molar-refractivity contribution in [1.29, 1.82) is 0 Å². The lowest BCUT2D eigenvalue weighted by Crippen LogP contribution is -2.17. The van der Waals surface area contributed by atoms with Gasteiger partial charge in [-0.3, -0.25) is 9.52 Å². The van der Waals surface area contributed by atoms with Gasteiger partial charge in [0, 0.05) is 10.0 Å². The molecule has 3 rings (SSSR count). The van der Waals surface area contributed by atoms with Crippen LogP contribution in [0.25, 0.3) is 0 Å². The fourth-order valence-corrected chi connectivity index (χ4v) is 4.08. The summed E-state index contributed by atoms with van der Waals surface area (Å²) in [4.78, 5) is 12.8. The van der Waals surface area contributed by atoms with Gasteiger partial charge in [0.05, 0.1) is 16.3 Å². The molecule has 0 radical (unpaired) electrons. The number of hydrogen-bond acceptors (Lipinski definition) is 3. The van der Waals surface area contributed by atoms with Crippen LogP contribution >= 0.6 is 15.9 Å². The topological polar surface area (TPSA) is 75.3 Å². The molecule has 0 aliphatic carbocycles. The maximum Gasteiger partial charge on any atom is 0.261 e. The standard InChI is InChI=1S/C20H17BrN2O3S/c1-14-16(20(24)22-19-12-6-5-11-17(19)21)10-7-13-18(14)23-27(25,26)15-8-3-2-4-9-15/h2-13,23H,1H3,(H,22,24). The summed E-state index contributed by atoms with van der Waals surface area (Å²) in [5, 5.41) is 2.83. The summed E-state index contributed by atoms with van der Waals surface area (Å²) in [6, 6.07) is 20.3. The third kappa shape index (κ3) is 4.37. The van der Waals surface area contributed by atoms with Gasteiger partial charge >= 0.3 is 0 Å². The molecule has 0 heterocycles. The Bertz CT molecular complexity index is 1080. The molecular formula is C20H17BrN2O3S. The lowest BCUT2D eigenvalue weighted by Gasteiger charge is -2.14. The lowest BCUT2D eigenvalue weighted by atomic mass is 10.1. The Labute approximate surface area is 166 Å². The number of sulfonamides is 1. The normalized spacial score (nSPS) is 11.0. The van der Waals surface area contributed by atoms with E-state index in [0.29, 0.717) is 22.5 Å². The Hall–Kier alpha value is -2.64. The molecule has 138 valence electrons. The molecule has 0 atom stereocenters. The maximum atomic E-state index is 12.7. The molecule has 3 aromatic carbocycles. The molecule has 0 aliphatic rings. The average Bonchev–Trinajstić information content (AvgIpc) is 2.66. The monoisotopic (exact) mass is 444 g/mol. The number of hydrogen-bond donors (Lipinski definition) is 2. The molecule has 0 fully saturated rings. The number of para-hydroxylation sites is 1. The minimum absolute atomic E-state index is 0.160. The number of rotatable bonds is 5. The first-order chi connectivity index (χ1) is 12.9. The van der Waals surface area contributed by atoms with Gasteiger partial charge in [-0.05, 0) is 64.8 Å². The fourth-order valence-electron chi connectivity index (χ4n) is 2.55. The van der Waals surface area contributed by atoms with E-state index in [1.54, 1.807) is 49.4 Å². The molecule has 0 aromatic heterocycles. The highest BCUT2D eigenvalue weighted by Crippen LogP contribution is 2.25. The molecule has 3 aromatic rings. The first-order valence-corrected chi connectivity index (χ1v) is 10.4. The highest BCUT2D eigenvalue weighted by Gasteiger charge is 2.18. The van der Waals surface area contributed by atoms with Crippen molar-refractivity contribution in [3.63, 3.8) is 0 Å². The minimum atomic E-state index is -3.73. The van der Waals surface area contributed by atoms with Crippen LogP contribution in [0.15, 0.2) is 82.2 Å². The number of carbonyl (C=O) groups is 1. The van der Waals surface area contributed by atoms with Crippen LogP contribution in [0.2, 0.25) is 0 Å². The number of halogens is 1. The van der Waals surface area contributed by atoms with E-state index in [9.17, 15) is 13.2 Å². The second-order valence-electron chi connectivity index (χ2n) is 5.83. The Balaban J connectivity index is 1.88. The molecule has 0 aliphatic heterocycles. The average molecular weight is 445 g/mol. The van der Waals surface area contributed by atoms with Crippen LogP contribution in [0.5, 0.6) is 0 Å². The van der Waals surface area contributed by atoms with Crippen LogP contribution in [-0.2, 0) is 10.0 Å². The van der Waals surface area contributed by atoms with E-state index in [2.05, 4.69) is 26.0 Å². The van der Waals surface area contributed by atoms with E-state index in [0.717, 1.165) is 4.47 Å². The van der Waals surface area contributed by atoms with Gasteiger partial charge in [0.15, 0.2) is 0 Å². The quantitative estimate of drug-likeness (QED) is 0.592. The third-order valence-corrected chi connectivity index (χ3v) is 6.07. The van der Waals surface area contributed by atoms with Crippen LogP contribution < -0.4 is 10.0 Å². The van der Waals surface area contributed by atoms with Gasteiger partial charge in [0.25, 0.3) is 15.9 Å². The Morgan fingerprint density at radius 3 is 2.19 bits per heavy atom. The molecular weight excluding hydrogens is 428 g/mol. The van der Waals surface area contributed by atoms with Crippen molar-refractivity contribution in [2.24, 2.45) is 0 Å². The highest BCUT2D eigenvalue weighted by atomic mass is 79.9. The molecule has 7 heteroatoms. The van der Waals surface area contributed by atoms with Crippen molar-refractivity contribution >= 4 is 43.2 Å². The highest BCUT2D eigenvalue weighted by molar-refractivity contribution is 9.10. The summed E-state index contributed by atoms with van der Waals surface area (Å²) in [6.45, 7) is 1.71. The van der Waals surface area contributed by atoms with Crippen LogP contribution in [0.1, 0.15) is 15.9 Å². The summed E-state index contributed by atoms with van der Waals surface area (Å²) in [5.74, 6) is -0.319. The Kier molecular flexibility index (Phi) is 5.62. The molecule has 0 spiro atoms. The van der Waals surface area contributed by atoms with E-state index >= 15 is 0 Å². The lowest BCUT2D eigenvalue weighted by molar-refractivity contribution is 0.102. The molecule has 5 nitrogen and oxygen atoms in total. The van der Waals surface area contributed by atoms with Crippen LogP contribution in [0.3, 0.4) is 0 Å². The molecule has 0 unspecified atom stereocenters. The summed E-state index contributed by atoms with van der Waals surface area (Å²) in [7, 11) is -3.73. The van der Waals surface area contributed by atoms with Gasteiger partial charge < -0.3 is 5.32 Å². The first kappa shape index (κ1) is 19.1. The van der Waals surface area contributed by atoms with Gasteiger partial charge in [0.1, 0.15) is 0 Å². The summed E-state index contributed by atoms with van der Waals surface area (Å²) >= 11 is 3.39. The van der Waals surface area contributed by atoms with Gasteiger partial charge in [0.2, 0.25) is 0 Å². The summed E-state index contributed by atoms with van der Waals surface area (Å²) in [5.41, 5.74) is 1.93. The smallest absolute Gasteiger partial charge is 0.261 e. The van der Waals surface area contributed by atoms with E-state index in [-0.39, 0.29) is 10.8 Å². The van der Waals surface area contributed by atoms with E-state index in [1.807, 2.05) is 18.2 Å². The van der Waals surface area contributed by atoms with Crippen molar-refractivity contribution in [3.05, 3.63) is 88.4 Å². The van der Waals surface area contributed by atoms with Crippen molar-refractivity contribution in [2.75, 3.05) is 10.0 Å². The summed E-state index contributed by atoms with van der Waals surface area (Å²) in [6.07, 6.45) is 0. The molecule has 1 amide bonds. The van der Waals surface area contributed by atoms with Gasteiger partial charge in [-0.2, -0.15) is 0 Å². The molecule has 2 N–H and O–H groups in total. The fraction of sp³-hybridized carbons (Fsp3) is 0.0500. The first-order valence-electron chi connectivity index (χ1n) is 8.12. The second kappa shape index (κ2) is 7.94. The van der Waals surface area contributed by atoms with Gasteiger partial charge in [-0.1, -0.05) is 36.4 Å². The zero-order valence-corrected chi connectivity index (χ0v) is 16.8. The molecule has 27 heavy (non-hydrogen) atoms. The van der Waals surface area contributed by atoms with Crippen molar-refractivity contribution in [3.8, 4) is 0 Å². The van der Waals surface area contributed by atoms with Gasteiger partial charge in [-0.15, -0.1) is 0 Å². The van der Waals surface area contributed by atoms with Crippen molar-refractivity contribution < 1.29 is 13.2 Å². The number of benzene rings is 3. The summed E-state index contributed by atoms with van der Waals surface area (Å²) < 4.78 is 28.4. The van der Waals surface area contributed by atoms with E-state index < -0.39 is 10.0 Å². The third-order valence-electron chi connectivity index (χ3n) is 4.00. The zero-order chi connectivity index (χ0) is 19.4. The number of anilines is 2. The maximum absolute atomic E-state index is 12.7. The van der Waals surface area contributed by atoms with Crippen molar-refractivity contribution in [2.45, 2.75) is 11.8 Å². The molecule has 0 bridgehead atoms. The molecule has 0 saturated heterocycles. The van der Waals surface area contributed by atoms with Gasteiger partial charge in [-0.25, -0.2) is 8.42 Å². The Morgan fingerprint density at radius 2 is 1.48 bits per heavy atom. The Morgan fingerprint density at radius 1 is 0.852 bits per heavy atom. The van der Waals surface area contributed by atoms with Crippen LogP contribution in [0, 0.1) is 6.92 Å². The predicted octanol–water partition coefficient (Wildman–Crippen LogP) is 4.81. The van der Waals surface area contributed by atoms with E-state index in [1.165, 1.54) is 12.1 Å². The largest absolute Gasteiger partial charge is 0.321 e. The van der Waals surface area contributed by atoms with Crippen molar-refractivity contribution in [1.82, 2.24) is 0 Å². The van der Waals surface area contributed by atoms with Crippen LogP contribution in [-0.4, -0.2) is 14.3 Å². The zero-order valence-electron chi connectivity index (χ0n) is 14.4.